The number of aliphatic hydroxyl groups is 1. The molecule has 0 bridgehead atoms. The molecule has 18 heavy (non-hydrogen) atoms. The van der Waals surface area contributed by atoms with Crippen LogP contribution in [-0.4, -0.2) is 59.4 Å². The third kappa shape index (κ3) is 2.52. The van der Waals surface area contributed by atoms with E-state index in [1.54, 1.807) is 4.90 Å². The summed E-state index contributed by atoms with van der Waals surface area (Å²) in [4.78, 5) is 13.7. The third-order valence-corrected chi connectivity index (χ3v) is 4.22. The van der Waals surface area contributed by atoms with Gasteiger partial charge < -0.3 is 19.5 Å². The van der Waals surface area contributed by atoms with Crippen molar-refractivity contribution in [3.8, 4) is 0 Å². The fraction of sp³-hybridized carbons (Fsp3) is 0.917. The van der Waals surface area contributed by atoms with Gasteiger partial charge in [0.1, 0.15) is 5.54 Å². The fourth-order valence-corrected chi connectivity index (χ4v) is 2.64. The van der Waals surface area contributed by atoms with Crippen molar-refractivity contribution in [2.75, 3.05) is 32.1 Å². The molecule has 0 aliphatic carbocycles. The maximum atomic E-state index is 12.0. The monoisotopic (exact) mass is 275 g/mol. The summed E-state index contributed by atoms with van der Waals surface area (Å²) in [6, 6.07) is 0. The lowest BCUT2D eigenvalue weighted by molar-refractivity contribution is -0.288. The van der Waals surface area contributed by atoms with Crippen LogP contribution in [0.3, 0.4) is 0 Å². The molecule has 2 fully saturated rings. The van der Waals surface area contributed by atoms with Crippen LogP contribution in [-0.2, 0) is 14.3 Å². The summed E-state index contributed by atoms with van der Waals surface area (Å²) in [6.45, 7) is 4.75. The van der Waals surface area contributed by atoms with Gasteiger partial charge in [-0.25, -0.2) is 0 Å². The van der Waals surface area contributed by atoms with Crippen molar-refractivity contribution in [1.82, 2.24) is 4.90 Å². The number of ether oxygens (including phenoxy) is 2. The molecule has 1 unspecified atom stereocenters. The van der Waals surface area contributed by atoms with Crippen molar-refractivity contribution >= 4 is 18.5 Å². The highest BCUT2D eigenvalue weighted by Crippen LogP contribution is 2.32. The molecule has 1 N–H and O–H groups in total. The van der Waals surface area contributed by atoms with E-state index >= 15 is 0 Å². The highest BCUT2D eigenvalue weighted by atomic mass is 32.1. The van der Waals surface area contributed by atoms with Gasteiger partial charge in [-0.1, -0.05) is 0 Å². The molecule has 0 spiro atoms. The van der Waals surface area contributed by atoms with Gasteiger partial charge in [-0.05, 0) is 25.5 Å². The van der Waals surface area contributed by atoms with Gasteiger partial charge in [0.25, 0.3) is 0 Å². The molecule has 104 valence electrons. The zero-order valence-corrected chi connectivity index (χ0v) is 11.8. The second-order valence-electron chi connectivity index (χ2n) is 5.62. The molecule has 0 aromatic rings. The largest absolute Gasteiger partial charge is 0.394 e. The number of hydrogen-bond acceptors (Lipinski definition) is 5. The average molecular weight is 275 g/mol. The number of thiol groups is 1. The number of likely N-dealkylation sites (tertiary alicyclic amines) is 1. The molecular weight excluding hydrogens is 254 g/mol. The van der Waals surface area contributed by atoms with Crippen LogP contribution in [0.25, 0.3) is 0 Å². The lowest BCUT2D eigenvalue weighted by Crippen LogP contribution is -2.63. The normalized spacial score (nSPS) is 30.8. The second kappa shape index (κ2) is 5.00. The minimum absolute atomic E-state index is 0.0509. The van der Waals surface area contributed by atoms with Crippen LogP contribution in [0, 0.1) is 5.92 Å². The number of carbonyl (C=O) groups is 1. The van der Waals surface area contributed by atoms with Gasteiger partial charge in [0, 0.05) is 13.0 Å². The van der Waals surface area contributed by atoms with Gasteiger partial charge in [0.15, 0.2) is 5.79 Å². The number of nitrogens with zero attached hydrogens (tertiary/aromatic N) is 1. The zero-order chi connectivity index (χ0) is 13.4. The molecule has 2 saturated heterocycles. The fourth-order valence-electron chi connectivity index (χ4n) is 2.39. The maximum Gasteiger partial charge on any atom is 0.223 e. The van der Waals surface area contributed by atoms with Crippen LogP contribution in [0.2, 0.25) is 0 Å². The topological polar surface area (TPSA) is 59.0 Å². The van der Waals surface area contributed by atoms with Crippen LogP contribution in [0.4, 0.5) is 0 Å². The van der Waals surface area contributed by atoms with Crippen molar-refractivity contribution < 1.29 is 19.4 Å². The van der Waals surface area contributed by atoms with Crippen LogP contribution in [0.5, 0.6) is 0 Å². The van der Waals surface area contributed by atoms with Gasteiger partial charge >= 0.3 is 0 Å². The Hall–Kier alpha value is -0.300. The Bertz CT molecular complexity index is 324. The molecule has 0 aromatic carbocycles. The summed E-state index contributed by atoms with van der Waals surface area (Å²) in [5.74, 6) is 0.329. The molecule has 1 amide bonds. The minimum Gasteiger partial charge on any atom is -0.394 e. The van der Waals surface area contributed by atoms with Crippen LogP contribution < -0.4 is 0 Å². The lowest BCUT2D eigenvalue weighted by Gasteiger charge is -2.47. The maximum absolute atomic E-state index is 12.0. The molecule has 5 nitrogen and oxygen atoms in total. The first-order valence-electron chi connectivity index (χ1n) is 6.22. The first-order chi connectivity index (χ1) is 8.42. The molecule has 2 aliphatic rings. The summed E-state index contributed by atoms with van der Waals surface area (Å²) < 4.78 is 11.2. The van der Waals surface area contributed by atoms with Gasteiger partial charge in [0.05, 0.1) is 19.8 Å². The summed E-state index contributed by atoms with van der Waals surface area (Å²) in [7, 11) is 0. The molecule has 1 atom stereocenters. The van der Waals surface area contributed by atoms with Gasteiger partial charge in [-0.3, -0.25) is 4.79 Å². The van der Waals surface area contributed by atoms with Gasteiger partial charge in [-0.15, -0.1) is 0 Å². The van der Waals surface area contributed by atoms with Gasteiger partial charge in [0.2, 0.25) is 5.91 Å². The third-order valence-electron chi connectivity index (χ3n) is 3.71. The first-order valence-corrected chi connectivity index (χ1v) is 6.86. The molecule has 0 aromatic heterocycles. The van der Waals surface area contributed by atoms with E-state index in [0.29, 0.717) is 31.9 Å². The van der Waals surface area contributed by atoms with Crippen molar-refractivity contribution in [2.24, 2.45) is 5.92 Å². The van der Waals surface area contributed by atoms with E-state index in [1.807, 2.05) is 13.8 Å². The van der Waals surface area contributed by atoms with Crippen LogP contribution >= 0.6 is 12.6 Å². The number of aliphatic hydroxyl groups excluding tert-OH is 1. The zero-order valence-electron chi connectivity index (χ0n) is 10.9. The standard InChI is InChI=1S/C12H21NO4S/c1-11(2)16-7-12(6-14,8-17-11)13-4-9(5-18)3-10(13)15/h9,14,18H,3-8H2,1-2H3. The minimum atomic E-state index is -0.732. The van der Waals surface area contributed by atoms with Gasteiger partial charge in [-0.2, -0.15) is 12.6 Å². The Labute approximate surface area is 113 Å². The van der Waals surface area contributed by atoms with E-state index in [1.165, 1.54) is 0 Å². The van der Waals surface area contributed by atoms with Crippen molar-refractivity contribution in [2.45, 2.75) is 31.6 Å². The average Bonchev–Trinajstić information content (AvgIpc) is 2.72. The molecule has 2 aliphatic heterocycles. The smallest absolute Gasteiger partial charge is 0.223 e. The summed E-state index contributed by atoms with van der Waals surface area (Å²) in [5, 5.41) is 9.68. The molecule has 6 heteroatoms. The Morgan fingerprint density at radius 3 is 2.50 bits per heavy atom. The summed E-state index contributed by atoms with van der Waals surface area (Å²) in [5.41, 5.74) is -0.732. The SMILES string of the molecule is CC1(C)OCC(CO)(N2CC(CS)CC2=O)CO1. The van der Waals surface area contributed by atoms with E-state index in [2.05, 4.69) is 12.6 Å². The van der Waals surface area contributed by atoms with E-state index in [0.717, 1.165) is 0 Å². The van der Waals surface area contributed by atoms with E-state index in [9.17, 15) is 9.90 Å². The number of carbonyl (C=O) groups excluding carboxylic acids is 1. The summed E-state index contributed by atoms with van der Waals surface area (Å²) in [6.07, 6.45) is 0.495. The number of hydrogen-bond donors (Lipinski definition) is 2. The predicted molar refractivity (Wildman–Crippen MR) is 69.5 cm³/mol. The number of rotatable bonds is 3. The highest BCUT2D eigenvalue weighted by Gasteiger charge is 2.48. The van der Waals surface area contributed by atoms with Crippen molar-refractivity contribution in [3.05, 3.63) is 0 Å². The molecular formula is C12H21NO4S. The van der Waals surface area contributed by atoms with Crippen LogP contribution in [0.1, 0.15) is 20.3 Å². The van der Waals surface area contributed by atoms with Crippen molar-refractivity contribution in [1.29, 1.82) is 0 Å². The first kappa shape index (κ1) is 14.1. The van der Waals surface area contributed by atoms with E-state index in [-0.39, 0.29) is 18.4 Å². The molecule has 2 heterocycles. The molecule has 0 radical (unpaired) electrons. The Morgan fingerprint density at radius 2 is 2.06 bits per heavy atom. The Morgan fingerprint density at radius 1 is 1.44 bits per heavy atom. The van der Waals surface area contributed by atoms with Crippen LogP contribution in [0.15, 0.2) is 0 Å². The van der Waals surface area contributed by atoms with E-state index < -0.39 is 11.3 Å². The lowest BCUT2D eigenvalue weighted by atomic mass is 9.99. The Kier molecular flexibility index (Phi) is 3.92. The molecule has 2 rings (SSSR count). The number of amides is 1. The predicted octanol–water partition coefficient (Wildman–Crippen LogP) is 0.279. The second-order valence-corrected chi connectivity index (χ2v) is 5.98. The Balaban J connectivity index is 2.12. The van der Waals surface area contributed by atoms with Crippen molar-refractivity contribution in [3.63, 3.8) is 0 Å². The quantitative estimate of drug-likeness (QED) is 0.726. The summed E-state index contributed by atoms with van der Waals surface area (Å²) >= 11 is 4.24. The molecule has 0 saturated carbocycles. The highest BCUT2D eigenvalue weighted by molar-refractivity contribution is 7.80. The van der Waals surface area contributed by atoms with E-state index in [4.69, 9.17) is 9.47 Å².